The van der Waals surface area contributed by atoms with Gasteiger partial charge in [-0.25, -0.2) is 4.98 Å². The summed E-state index contributed by atoms with van der Waals surface area (Å²) in [6.45, 7) is 4.37. The average Bonchev–Trinajstić information content (AvgIpc) is 2.63. The van der Waals surface area contributed by atoms with E-state index in [-0.39, 0.29) is 5.91 Å². The maximum atomic E-state index is 12.2. The maximum Gasteiger partial charge on any atom is 0.274 e. The Morgan fingerprint density at radius 3 is 2.50 bits per heavy atom. The molecule has 2 heterocycles. The van der Waals surface area contributed by atoms with Crippen LogP contribution in [0.5, 0.6) is 0 Å². The molecule has 1 aromatic carbocycles. The molecule has 0 radical (unpaired) electrons. The predicted molar refractivity (Wildman–Crippen MR) is 94.0 cm³/mol. The van der Waals surface area contributed by atoms with Crippen LogP contribution in [-0.2, 0) is 0 Å². The Labute approximate surface area is 141 Å². The van der Waals surface area contributed by atoms with Gasteiger partial charge in [-0.15, -0.1) is 0 Å². The zero-order valence-electron chi connectivity index (χ0n) is 13.7. The van der Waals surface area contributed by atoms with Crippen molar-refractivity contribution in [3.63, 3.8) is 0 Å². The second kappa shape index (κ2) is 7.14. The van der Waals surface area contributed by atoms with Crippen molar-refractivity contribution in [1.29, 1.82) is 5.26 Å². The largest absolute Gasteiger partial charge is 0.370 e. The lowest BCUT2D eigenvalue weighted by atomic mass is 9.99. The molecule has 1 aromatic heterocycles. The number of pyridine rings is 1. The van der Waals surface area contributed by atoms with Crippen LogP contribution in [0.2, 0.25) is 0 Å². The summed E-state index contributed by atoms with van der Waals surface area (Å²) in [5, 5.41) is 11.6. The molecule has 5 heteroatoms. The third kappa shape index (κ3) is 3.72. The molecule has 0 spiro atoms. The van der Waals surface area contributed by atoms with Crippen LogP contribution in [-0.4, -0.2) is 24.0 Å². The number of carbonyl (C=O) groups excluding carboxylic acids is 1. The van der Waals surface area contributed by atoms with E-state index in [0.29, 0.717) is 16.9 Å². The third-order valence-electron chi connectivity index (χ3n) is 4.40. The second-order valence-electron chi connectivity index (χ2n) is 6.21. The van der Waals surface area contributed by atoms with Crippen LogP contribution >= 0.6 is 0 Å². The highest BCUT2D eigenvalue weighted by molar-refractivity contribution is 6.02. The normalized spacial score (nSPS) is 14.9. The van der Waals surface area contributed by atoms with E-state index in [1.807, 2.05) is 12.1 Å². The summed E-state index contributed by atoms with van der Waals surface area (Å²) >= 11 is 0. The van der Waals surface area contributed by atoms with Gasteiger partial charge in [0.15, 0.2) is 0 Å². The fraction of sp³-hybridized carbons (Fsp3) is 0.316. The van der Waals surface area contributed by atoms with Gasteiger partial charge in [0.1, 0.15) is 5.69 Å². The minimum Gasteiger partial charge on any atom is -0.370 e. The smallest absolute Gasteiger partial charge is 0.274 e. The highest BCUT2D eigenvalue weighted by Crippen LogP contribution is 2.22. The van der Waals surface area contributed by atoms with E-state index in [2.05, 4.69) is 22.1 Å². The molecule has 1 aliphatic rings. The predicted octanol–water partition coefficient (Wildman–Crippen LogP) is 3.44. The Bertz CT molecular complexity index is 738. The number of nitrogens with zero attached hydrogens (tertiary/aromatic N) is 3. The number of hydrogen-bond donors (Lipinski definition) is 1. The van der Waals surface area contributed by atoms with E-state index in [1.165, 1.54) is 12.8 Å². The number of aromatic nitrogens is 1. The van der Waals surface area contributed by atoms with Gasteiger partial charge in [0.2, 0.25) is 0 Å². The van der Waals surface area contributed by atoms with Gasteiger partial charge in [0, 0.05) is 18.8 Å². The van der Waals surface area contributed by atoms with Gasteiger partial charge in [0.05, 0.1) is 23.5 Å². The van der Waals surface area contributed by atoms with E-state index in [4.69, 9.17) is 5.26 Å². The standard InChI is InChI=1S/C19H20N4O/c1-14-8-10-23(11-9-14)17-6-7-18(21-13-17)19(24)22-16-4-2-15(12-20)3-5-16/h2-7,13-14H,8-11H2,1H3,(H,22,24). The fourth-order valence-electron chi connectivity index (χ4n) is 2.80. The Kier molecular flexibility index (Phi) is 4.76. The summed E-state index contributed by atoms with van der Waals surface area (Å²) in [6.07, 6.45) is 4.16. The number of nitrogens with one attached hydrogen (secondary N) is 1. The van der Waals surface area contributed by atoms with Crippen LogP contribution in [0.15, 0.2) is 42.6 Å². The number of anilines is 2. The molecule has 0 saturated carbocycles. The summed E-state index contributed by atoms with van der Waals surface area (Å²) in [6, 6.07) is 12.5. The van der Waals surface area contributed by atoms with Crippen molar-refractivity contribution in [3.8, 4) is 6.07 Å². The Morgan fingerprint density at radius 1 is 1.21 bits per heavy atom. The number of benzene rings is 1. The van der Waals surface area contributed by atoms with Gasteiger partial charge in [-0.05, 0) is 55.2 Å². The highest BCUT2D eigenvalue weighted by atomic mass is 16.1. The van der Waals surface area contributed by atoms with Crippen LogP contribution in [0.25, 0.3) is 0 Å². The van der Waals surface area contributed by atoms with Crippen molar-refractivity contribution >= 4 is 17.3 Å². The minimum absolute atomic E-state index is 0.251. The molecular formula is C19H20N4O. The first-order valence-corrected chi connectivity index (χ1v) is 8.18. The molecule has 1 fully saturated rings. The Hall–Kier alpha value is -2.87. The van der Waals surface area contributed by atoms with Gasteiger partial charge in [-0.3, -0.25) is 4.79 Å². The van der Waals surface area contributed by atoms with E-state index < -0.39 is 0 Å². The molecule has 1 aliphatic heterocycles. The lowest BCUT2D eigenvalue weighted by Crippen LogP contribution is -2.32. The fourth-order valence-corrected chi connectivity index (χ4v) is 2.80. The lowest BCUT2D eigenvalue weighted by Gasteiger charge is -2.31. The number of amides is 1. The SMILES string of the molecule is CC1CCN(c2ccc(C(=O)Nc3ccc(C#N)cc3)nc2)CC1. The Balaban J connectivity index is 1.64. The number of nitriles is 1. The van der Waals surface area contributed by atoms with Crippen LogP contribution in [0, 0.1) is 17.2 Å². The zero-order valence-corrected chi connectivity index (χ0v) is 13.7. The molecule has 3 rings (SSSR count). The first-order valence-electron chi connectivity index (χ1n) is 8.18. The van der Waals surface area contributed by atoms with Gasteiger partial charge in [0.25, 0.3) is 5.91 Å². The minimum atomic E-state index is -0.251. The first-order chi connectivity index (χ1) is 11.7. The van der Waals surface area contributed by atoms with Crippen LogP contribution in [0.4, 0.5) is 11.4 Å². The summed E-state index contributed by atoms with van der Waals surface area (Å²) in [5.74, 6) is 0.533. The molecule has 0 unspecified atom stereocenters. The van der Waals surface area contributed by atoms with E-state index in [9.17, 15) is 4.79 Å². The van der Waals surface area contributed by atoms with E-state index in [1.54, 1.807) is 36.5 Å². The van der Waals surface area contributed by atoms with Gasteiger partial charge in [-0.2, -0.15) is 5.26 Å². The molecule has 0 aliphatic carbocycles. The molecular weight excluding hydrogens is 300 g/mol. The quantitative estimate of drug-likeness (QED) is 0.940. The van der Waals surface area contributed by atoms with Crippen molar-refractivity contribution in [3.05, 3.63) is 53.9 Å². The monoisotopic (exact) mass is 320 g/mol. The number of piperidine rings is 1. The van der Waals surface area contributed by atoms with Gasteiger partial charge >= 0.3 is 0 Å². The molecule has 0 atom stereocenters. The molecule has 1 N–H and O–H groups in total. The molecule has 5 nitrogen and oxygen atoms in total. The van der Waals surface area contributed by atoms with Crippen LogP contribution in [0.1, 0.15) is 35.8 Å². The van der Waals surface area contributed by atoms with Crippen molar-refractivity contribution in [1.82, 2.24) is 4.98 Å². The lowest BCUT2D eigenvalue weighted by molar-refractivity contribution is 0.102. The van der Waals surface area contributed by atoms with Gasteiger partial charge < -0.3 is 10.2 Å². The molecule has 2 aromatic rings. The Morgan fingerprint density at radius 2 is 1.92 bits per heavy atom. The van der Waals surface area contributed by atoms with Crippen LogP contribution < -0.4 is 10.2 Å². The molecule has 1 amide bonds. The van der Waals surface area contributed by atoms with Crippen LogP contribution in [0.3, 0.4) is 0 Å². The molecule has 122 valence electrons. The van der Waals surface area contributed by atoms with Crippen molar-refractivity contribution in [2.45, 2.75) is 19.8 Å². The average molecular weight is 320 g/mol. The molecule has 0 bridgehead atoms. The second-order valence-corrected chi connectivity index (χ2v) is 6.21. The summed E-state index contributed by atoms with van der Waals surface area (Å²) in [5.41, 5.74) is 2.66. The number of rotatable bonds is 3. The third-order valence-corrected chi connectivity index (χ3v) is 4.40. The van der Waals surface area contributed by atoms with Gasteiger partial charge in [-0.1, -0.05) is 6.92 Å². The molecule has 24 heavy (non-hydrogen) atoms. The summed E-state index contributed by atoms with van der Waals surface area (Å²) in [4.78, 5) is 18.9. The highest BCUT2D eigenvalue weighted by Gasteiger charge is 2.17. The summed E-state index contributed by atoms with van der Waals surface area (Å²) < 4.78 is 0. The zero-order chi connectivity index (χ0) is 16.9. The summed E-state index contributed by atoms with van der Waals surface area (Å²) in [7, 11) is 0. The van der Waals surface area contributed by atoms with Crippen molar-refractivity contribution in [2.75, 3.05) is 23.3 Å². The van der Waals surface area contributed by atoms with Crippen molar-refractivity contribution < 1.29 is 4.79 Å². The van der Waals surface area contributed by atoms with E-state index in [0.717, 1.165) is 24.7 Å². The van der Waals surface area contributed by atoms with Crippen molar-refractivity contribution in [2.24, 2.45) is 5.92 Å². The topological polar surface area (TPSA) is 69.0 Å². The molecule has 1 saturated heterocycles. The number of carbonyl (C=O) groups is 1. The first kappa shape index (κ1) is 16.0. The number of hydrogen-bond acceptors (Lipinski definition) is 4. The van der Waals surface area contributed by atoms with E-state index >= 15 is 0 Å². The maximum absolute atomic E-state index is 12.2.